The topological polar surface area (TPSA) is 22.0 Å². The van der Waals surface area contributed by atoms with Crippen LogP contribution in [-0.4, -0.2) is 10.9 Å². The molecule has 5 rings (SSSR count). The Morgan fingerprint density at radius 1 is 0.714 bits per heavy atom. The molecular formula is C25H16ClNO. The maximum Gasteiger partial charge on any atom is 0.150 e. The van der Waals surface area contributed by atoms with Crippen LogP contribution in [-0.2, 0) is 0 Å². The van der Waals surface area contributed by atoms with E-state index >= 15 is 0 Å². The molecule has 0 unspecified atom stereocenters. The number of benzene rings is 4. The molecule has 2 nitrogen and oxygen atoms in total. The maximum atomic E-state index is 11.6. The molecule has 0 aliphatic carbocycles. The van der Waals surface area contributed by atoms with E-state index in [-0.39, 0.29) is 0 Å². The third-order valence-electron chi connectivity index (χ3n) is 5.14. The highest BCUT2D eigenvalue weighted by Gasteiger charge is 2.14. The van der Waals surface area contributed by atoms with Gasteiger partial charge < -0.3 is 4.57 Å². The molecule has 0 bridgehead atoms. The van der Waals surface area contributed by atoms with Crippen molar-refractivity contribution < 1.29 is 4.79 Å². The van der Waals surface area contributed by atoms with Crippen LogP contribution in [0.1, 0.15) is 10.4 Å². The van der Waals surface area contributed by atoms with Crippen LogP contribution in [0.5, 0.6) is 0 Å². The zero-order chi connectivity index (χ0) is 19.1. The number of carbonyl (C=O) groups is 1. The predicted octanol–water partition coefficient (Wildman–Crippen LogP) is 6.92. The quantitative estimate of drug-likeness (QED) is 0.311. The summed E-state index contributed by atoms with van der Waals surface area (Å²) in [5.41, 5.74) is 5.91. The Morgan fingerprint density at radius 2 is 1.46 bits per heavy atom. The average Bonchev–Trinajstić information content (AvgIpc) is 3.08. The van der Waals surface area contributed by atoms with Gasteiger partial charge in [0.25, 0.3) is 0 Å². The lowest BCUT2D eigenvalue weighted by Crippen LogP contribution is -1.93. The molecule has 0 atom stereocenters. The van der Waals surface area contributed by atoms with E-state index in [1.807, 2.05) is 30.3 Å². The van der Waals surface area contributed by atoms with Crippen molar-refractivity contribution in [3.05, 3.63) is 102 Å². The van der Waals surface area contributed by atoms with Crippen molar-refractivity contribution in [3.63, 3.8) is 0 Å². The molecule has 0 fully saturated rings. The summed E-state index contributed by atoms with van der Waals surface area (Å²) < 4.78 is 2.27. The highest BCUT2D eigenvalue weighted by Crippen LogP contribution is 2.35. The van der Waals surface area contributed by atoms with Crippen molar-refractivity contribution in [2.45, 2.75) is 0 Å². The number of rotatable bonds is 3. The summed E-state index contributed by atoms with van der Waals surface area (Å²) >= 11 is 6.07. The normalized spacial score (nSPS) is 11.2. The van der Waals surface area contributed by atoms with Crippen molar-refractivity contribution in [1.29, 1.82) is 0 Å². The second-order valence-corrected chi connectivity index (χ2v) is 7.21. The molecule has 0 aliphatic rings. The second-order valence-electron chi connectivity index (χ2n) is 6.77. The molecule has 0 spiro atoms. The number of hydrogen-bond donors (Lipinski definition) is 0. The van der Waals surface area contributed by atoms with Crippen LogP contribution in [0.3, 0.4) is 0 Å². The van der Waals surface area contributed by atoms with E-state index in [0.29, 0.717) is 10.6 Å². The maximum absolute atomic E-state index is 11.6. The molecule has 3 heteroatoms. The smallest absolute Gasteiger partial charge is 0.150 e. The molecule has 0 saturated carbocycles. The van der Waals surface area contributed by atoms with Gasteiger partial charge in [-0.25, -0.2) is 0 Å². The summed E-state index contributed by atoms with van der Waals surface area (Å²) in [5, 5.41) is 2.90. The van der Waals surface area contributed by atoms with Crippen LogP contribution in [0.2, 0.25) is 5.02 Å². The molecule has 4 aromatic carbocycles. The zero-order valence-corrected chi connectivity index (χ0v) is 15.7. The minimum Gasteiger partial charge on any atom is -0.309 e. The van der Waals surface area contributed by atoms with Gasteiger partial charge in [-0.3, -0.25) is 4.79 Å². The van der Waals surface area contributed by atoms with Gasteiger partial charge in [-0.15, -0.1) is 0 Å². The first-order valence-corrected chi connectivity index (χ1v) is 9.48. The lowest BCUT2D eigenvalue weighted by molar-refractivity contribution is 0.112. The average molecular weight is 382 g/mol. The molecule has 0 saturated heterocycles. The Morgan fingerprint density at radius 3 is 2.29 bits per heavy atom. The molecule has 0 aliphatic heterocycles. The monoisotopic (exact) mass is 381 g/mol. The largest absolute Gasteiger partial charge is 0.309 e. The molecule has 5 aromatic rings. The van der Waals surface area contributed by atoms with E-state index in [1.165, 1.54) is 5.39 Å². The Balaban J connectivity index is 1.83. The van der Waals surface area contributed by atoms with E-state index < -0.39 is 0 Å². The number of aromatic nitrogens is 1. The van der Waals surface area contributed by atoms with Gasteiger partial charge in [0, 0.05) is 27.0 Å². The van der Waals surface area contributed by atoms with Gasteiger partial charge in [0.1, 0.15) is 0 Å². The number of halogens is 1. The Bertz CT molecular complexity index is 1340. The summed E-state index contributed by atoms with van der Waals surface area (Å²) in [4.78, 5) is 11.6. The number of hydrogen-bond acceptors (Lipinski definition) is 1. The fraction of sp³-hybridized carbons (Fsp3) is 0. The SMILES string of the molecule is O=Cc1cc(Cl)ccc1-c1ccc2c(c1)c1ccccc1n2-c1ccccc1. The number of carbonyl (C=O) groups excluding carboxylic acids is 1. The summed E-state index contributed by atoms with van der Waals surface area (Å²) in [7, 11) is 0. The zero-order valence-electron chi connectivity index (χ0n) is 15.0. The fourth-order valence-electron chi connectivity index (χ4n) is 3.89. The highest BCUT2D eigenvalue weighted by molar-refractivity contribution is 6.31. The molecular weight excluding hydrogens is 366 g/mol. The first-order valence-electron chi connectivity index (χ1n) is 9.10. The Labute approximate surface area is 167 Å². The van der Waals surface area contributed by atoms with Crippen molar-refractivity contribution in [2.24, 2.45) is 0 Å². The molecule has 134 valence electrons. The summed E-state index contributed by atoms with van der Waals surface area (Å²) in [6.45, 7) is 0. The lowest BCUT2D eigenvalue weighted by Gasteiger charge is -2.09. The fourth-order valence-corrected chi connectivity index (χ4v) is 4.07. The molecule has 28 heavy (non-hydrogen) atoms. The molecule has 1 heterocycles. The van der Waals surface area contributed by atoms with Gasteiger partial charge in [0.15, 0.2) is 6.29 Å². The molecule has 1 aromatic heterocycles. The van der Waals surface area contributed by atoms with Crippen LogP contribution in [0.15, 0.2) is 91.0 Å². The van der Waals surface area contributed by atoms with Gasteiger partial charge in [-0.05, 0) is 53.6 Å². The highest BCUT2D eigenvalue weighted by atomic mass is 35.5. The van der Waals surface area contributed by atoms with Gasteiger partial charge in [-0.1, -0.05) is 60.1 Å². The third-order valence-corrected chi connectivity index (χ3v) is 5.37. The van der Waals surface area contributed by atoms with Crippen LogP contribution in [0, 0.1) is 0 Å². The minimum absolute atomic E-state index is 0.563. The van der Waals surface area contributed by atoms with E-state index in [4.69, 9.17) is 11.6 Å². The van der Waals surface area contributed by atoms with Crippen molar-refractivity contribution in [1.82, 2.24) is 4.57 Å². The molecule has 0 radical (unpaired) electrons. The van der Waals surface area contributed by atoms with Crippen molar-refractivity contribution in [2.75, 3.05) is 0 Å². The summed E-state index contributed by atoms with van der Waals surface area (Å²) in [5.74, 6) is 0. The Kier molecular flexibility index (Phi) is 4.00. The molecule has 0 N–H and O–H groups in total. The van der Waals surface area contributed by atoms with Crippen molar-refractivity contribution in [3.8, 4) is 16.8 Å². The number of aldehydes is 1. The van der Waals surface area contributed by atoms with Crippen LogP contribution in [0.4, 0.5) is 0 Å². The van der Waals surface area contributed by atoms with Crippen molar-refractivity contribution >= 4 is 39.7 Å². The van der Waals surface area contributed by atoms with Crippen LogP contribution < -0.4 is 0 Å². The molecule has 0 amide bonds. The second kappa shape index (κ2) is 6.66. The number of nitrogens with zero attached hydrogens (tertiary/aromatic N) is 1. The number of fused-ring (bicyclic) bond motifs is 3. The van der Waals surface area contributed by atoms with Gasteiger partial charge in [0.05, 0.1) is 11.0 Å². The van der Waals surface area contributed by atoms with E-state index in [0.717, 1.165) is 39.5 Å². The first kappa shape index (κ1) is 16.8. The summed E-state index contributed by atoms with van der Waals surface area (Å²) in [6, 6.07) is 30.5. The van der Waals surface area contributed by atoms with Crippen LogP contribution >= 0.6 is 11.6 Å². The summed E-state index contributed by atoms with van der Waals surface area (Å²) in [6.07, 6.45) is 0.860. The standard InChI is InChI=1S/C25H16ClNO/c26-19-11-12-21(18(14-19)16-28)17-10-13-25-23(15-17)22-8-4-5-9-24(22)27(25)20-6-2-1-3-7-20/h1-16H. The van der Waals surface area contributed by atoms with E-state index in [9.17, 15) is 4.79 Å². The minimum atomic E-state index is 0.563. The van der Waals surface area contributed by atoms with Gasteiger partial charge in [0.2, 0.25) is 0 Å². The van der Waals surface area contributed by atoms with Gasteiger partial charge in [-0.2, -0.15) is 0 Å². The third kappa shape index (κ3) is 2.62. The Hall–Kier alpha value is -3.36. The first-order chi connectivity index (χ1) is 13.8. The number of para-hydroxylation sites is 2. The lowest BCUT2D eigenvalue weighted by atomic mass is 9.98. The van der Waals surface area contributed by atoms with Gasteiger partial charge >= 0.3 is 0 Å². The van der Waals surface area contributed by atoms with E-state index in [2.05, 4.69) is 59.2 Å². The van der Waals surface area contributed by atoms with E-state index in [1.54, 1.807) is 6.07 Å². The van der Waals surface area contributed by atoms with Crippen LogP contribution in [0.25, 0.3) is 38.6 Å². The predicted molar refractivity (Wildman–Crippen MR) is 117 cm³/mol.